The molecule has 4 unspecified atom stereocenters. The van der Waals surface area contributed by atoms with E-state index in [0.29, 0.717) is 0 Å². The number of carbonyl (C=O) groups excluding carboxylic acids is 4. The predicted molar refractivity (Wildman–Crippen MR) is 107 cm³/mol. The van der Waals surface area contributed by atoms with Crippen LogP contribution in [0.2, 0.25) is 0 Å². The van der Waals surface area contributed by atoms with Crippen LogP contribution in [0.3, 0.4) is 0 Å². The van der Waals surface area contributed by atoms with Crippen LogP contribution in [0.5, 0.6) is 0 Å². The minimum atomic E-state index is -1.49. The molecule has 176 valence electrons. The van der Waals surface area contributed by atoms with Gasteiger partial charge in [0.25, 0.3) is 0 Å². The number of carboxylic acids is 2. The van der Waals surface area contributed by atoms with Crippen molar-refractivity contribution in [1.82, 2.24) is 16.0 Å². The van der Waals surface area contributed by atoms with Gasteiger partial charge >= 0.3 is 11.9 Å². The first kappa shape index (κ1) is 27.8. The first-order chi connectivity index (χ1) is 14.2. The van der Waals surface area contributed by atoms with Crippen LogP contribution >= 0.6 is 0 Å². The van der Waals surface area contributed by atoms with E-state index in [0.717, 1.165) is 0 Å². The zero-order chi connectivity index (χ0) is 24.5. The van der Waals surface area contributed by atoms with Crippen molar-refractivity contribution in [3.05, 3.63) is 0 Å². The molecule has 0 aliphatic carbocycles. The van der Waals surface area contributed by atoms with Crippen molar-refractivity contribution in [1.29, 1.82) is 0 Å². The maximum Gasteiger partial charge on any atom is 0.326 e. The molecule has 0 rings (SSSR count). The highest BCUT2D eigenvalue weighted by Gasteiger charge is 2.33. The number of rotatable bonds is 13. The Labute approximate surface area is 179 Å². The molecule has 0 aromatic rings. The van der Waals surface area contributed by atoms with Gasteiger partial charge in [0.15, 0.2) is 0 Å². The number of primary amides is 1. The number of nitrogens with one attached hydrogen (secondary N) is 3. The molecule has 0 aliphatic heterocycles. The molecule has 4 atom stereocenters. The molecule has 4 amide bonds. The molecule has 0 heterocycles. The van der Waals surface area contributed by atoms with Crippen molar-refractivity contribution in [3.8, 4) is 0 Å². The second-order valence-corrected chi connectivity index (χ2v) is 7.73. The van der Waals surface area contributed by atoms with E-state index < -0.39 is 84.4 Å². The maximum atomic E-state index is 12.7. The SMILES string of the molecule is CC(C)C(NC(=O)C(CC(N)=O)NC(=O)C(NC(=O)C(N)CC(=O)O)C(C)C)C(=O)O. The standard InChI is InChI=1S/C18H31N5O8/c1-7(2)13(22-15(27)9(19)5-12(25)26)17(29)21-10(6-11(20)24)16(28)23-14(8(3)4)18(30)31/h7-10,13-14H,5-6,19H2,1-4H3,(H2,20,24)(H,21,29)(H,22,27)(H,23,28)(H,25,26)(H,30,31). The average Bonchev–Trinajstić information content (AvgIpc) is 2.60. The van der Waals surface area contributed by atoms with Crippen LogP contribution in [0.1, 0.15) is 40.5 Å². The van der Waals surface area contributed by atoms with E-state index in [1.54, 1.807) is 27.7 Å². The number of amides is 4. The summed E-state index contributed by atoms with van der Waals surface area (Å²) < 4.78 is 0. The van der Waals surface area contributed by atoms with Crippen LogP contribution in [0.25, 0.3) is 0 Å². The Morgan fingerprint density at radius 3 is 1.61 bits per heavy atom. The van der Waals surface area contributed by atoms with Crippen LogP contribution in [0, 0.1) is 11.8 Å². The molecular formula is C18H31N5O8. The summed E-state index contributed by atoms with van der Waals surface area (Å²) in [6.07, 6.45) is -1.27. The third-order valence-electron chi connectivity index (χ3n) is 4.25. The highest BCUT2D eigenvalue weighted by Crippen LogP contribution is 2.07. The Bertz CT molecular complexity index is 709. The molecule has 0 saturated carbocycles. The van der Waals surface area contributed by atoms with E-state index in [1.165, 1.54) is 0 Å². The number of carboxylic acid groups (broad SMARTS) is 2. The molecule has 0 aromatic carbocycles. The van der Waals surface area contributed by atoms with E-state index >= 15 is 0 Å². The Hall–Kier alpha value is -3.22. The monoisotopic (exact) mass is 445 g/mol. The van der Waals surface area contributed by atoms with E-state index in [9.17, 15) is 33.9 Å². The molecule has 31 heavy (non-hydrogen) atoms. The van der Waals surface area contributed by atoms with Gasteiger partial charge in [-0.25, -0.2) is 4.79 Å². The van der Waals surface area contributed by atoms with Crippen LogP contribution in [-0.4, -0.2) is 69.9 Å². The van der Waals surface area contributed by atoms with Crippen molar-refractivity contribution in [2.75, 3.05) is 0 Å². The van der Waals surface area contributed by atoms with Crippen LogP contribution < -0.4 is 27.4 Å². The molecule has 0 fully saturated rings. The second kappa shape index (κ2) is 12.5. The fourth-order valence-corrected chi connectivity index (χ4v) is 2.52. The van der Waals surface area contributed by atoms with E-state index in [-0.39, 0.29) is 0 Å². The quantitative estimate of drug-likeness (QED) is 0.159. The van der Waals surface area contributed by atoms with Crippen molar-refractivity contribution in [2.24, 2.45) is 23.3 Å². The summed E-state index contributed by atoms with van der Waals surface area (Å²) in [6.45, 7) is 6.28. The number of aliphatic carboxylic acids is 2. The third kappa shape index (κ3) is 9.89. The van der Waals surface area contributed by atoms with Crippen LogP contribution in [0.4, 0.5) is 0 Å². The maximum absolute atomic E-state index is 12.7. The zero-order valence-electron chi connectivity index (χ0n) is 17.9. The summed E-state index contributed by atoms with van der Waals surface area (Å²) in [5, 5.41) is 24.8. The Kier molecular flexibility index (Phi) is 11.2. The molecule has 0 radical (unpaired) electrons. The highest BCUT2D eigenvalue weighted by atomic mass is 16.4. The second-order valence-electron chi connectivity index (χ2n) is 7.73. The topological polar surface area (TPSA) is 231 Å². The fourth-order valence-electron chi connectivity index (χ4n) is 2.52. The molecule has 0 spiro atoms. The molecule has 0 saturated heterocycles. The Morgan fingerprint density at radius 2 is 1.23 bits per heavy atom. The van der Waals surface area contributed by atoms with Gasteiger partial charge in [-0.1, -0.05) is 27.7 Å². The number of hydrogen-bond acceptors (Lipinski definition) is 7. The zero-order valence-corrected chi connectivity index (χ0v) is 17.9. The minimum absolute atomic E-state index is 0.482. The Balaban J connectivity index is 5.46. The predicted octanol–water partition coefficient (Wildman–Crippen LogP) is -2.49. The molecule has 9 N–H and O–H groups in total. The van der Waals surface area contributed by atoms with E-state index in [2.05, 4.69) is 16.0 Å². The summed E-state index contributed by atoms with van der Waals surface area (Å²) in [4.78, 5) is 70.7. The highest BCUT2D eigenvalue weighted by molar-refractivity contribution is 5.96. The van der Waals surface area contributed by atoms with Gasteiger partial charge in [-0.05, 0) is 11.8 Å². The van der Waals surface area contributed by atoms with Gasteiger partial charge in [-0.15, -0.1) is 0 Å². The molecule has 13 heteroatoms. The van der Waals surface area contributed by atoms with Crippen molar-refractivity contribution in [2.45, 2.75) is 64.7 Å². The van der Waals surface area contributed by atoms with E-state index in [1.807, 2.05) is 0 Å². The molecule has 0 aliphatic rings. The van der Waals surface area contributed by atoms with Gasteiger partial charge in [0.2, 0.25) is 23.6 Å². The third-order valence-corrected chi connectivity index (χ3v) is 4.25. The van der Waals surface area contributed by atoms with Gasteiger partial charge in [-0.2, -0.15) is 0 Å². The summed E-state index contributed by atoms with van der Waals surface area (Å²) in [5.74, 6) is -7.20. The van der Waals surface area contributed by atoms with Gasteiger partial charge in [0.05, 0.1) is 18.9 Å². The Morgan fingerprint density at radius 1 is 0.742 bits per heavy atom. The summed E-state index contributed by atoms with van der Waals surface area (Å²) in [7, 11) is 0. The van der Waals surface area contributed by atoms with Gasteiger partial charge in [0, 0.05) is 0 Å². The van der Waals surface area contributed by atoms with Crippen molar-refractivity contribution >= 4 is 35.6 Å². The van der Waals surface area contributed by atoms with Crippen molar-refractivity contribution in [3.63, 3.8) is 0 Å². The van der Waals surface area contributed by atoms with Gasteiger partial charge in [0.1, 0.15) is 18.1 Å². The lowest BCUT2D eigenvalue weighted by molar-refractivity contribution is -0.143. The van der Waals surface area contributed by atoms with Crippen LogP contribution in [-0.2, 0) is 28.8 Å². The van der Waals surface area contributed by atoms with E-state index in [4.69, 9.17) is 16.6 Å². The van der Waals surface area contributed by atoms with Crippen LogP contribution in [0.15, 0.2) is 0 Å². The fraction of sp³-hybridized carbons (Fsp3) is 0.667. The molecular weight excluding hydrogens is 414 g/mol. The smallest absolute Gasteiger partial charge is 0.326 e. The summed E-state index contributed by atoms with van der Waals surface area (Å²) in [5.41, 5.74) is 10.6. The summed E-state index contributed by atoms with van der Waals surface area (Å²) >= 11 is 0. The number of nitrogens with two attached hydrogens (primary N) is 2. The number of hydrogen-bond donors (Lipinski definition) is 7. The number of carbonyl (C=O) groups is 6. The molecule has 0 bridgehead atoms. The normalized spacial score (nSPS) is 14.8. The lowest BCUT2D eigenvalue weighted by Gasteiger charge is -2.27. The van der Waals surface area contributed by atoms with Crippen molar-refractivity contribution < 1.29 is 39.0 Å². The minimum Gasteiger partial charge on any atom is -0.481 e. The van der Waals surface area contributed by atoms with Gasteiger partial charge < -0.3 is 37.6 Å². The summed E-state index contributed by atoms with van der Waals surface area (Å²) in [6, 6.07) is -5.37. The molecule has 0 aromatic heterocycles. The van der Waals surface area contributed by atoms with Gasteiger partial charge in [-0.3, -0.25) is 24.0 Å². The average molecular weight is 445 g/mol. The lowest BCUT2D eigenvalue weighted by atomic mass is 10.0. The lowest BCUT2D eigenvalue weighted by Crippen LogP contribution is -2.59. The first-order valence-electron chi connectivity index (χ1n) is 9.56. The largest absolute Gasteiger partial charge is 0.481 e. The molecule has 13 nitrogen and oxygen atoms in total. The first-order valence-corrected chi connectivity index (χ1v) is 9.56.